The van der Waals surface area contributed by atoms with E-state index in [4.69, 9.17) is 10.5 Å². The molecule has 0 amide bonds. The van der Waals surface area contributed by atoms with Crippen molar-refractivity contribution in [2.45, 2.75) is 32.2 Å². The summed E-state index contributed by atoms with van der Waals surface area (Å²) in [6.45, 7) is 7.27. The largest absolute Gasteiger partial charge is 0.383 e. The molecular formula is C13H24N2O3S2. The molecule has 0 spiro atoms. The molecule has 1 rings (SSSR count). The zero-order valence-corrected chi connectivity index (χ0v) is 14.2. The average molecular weight is 320 g/mol. The van der Waals surface area contributed by atoms with Gasteiger partial charge in [-0.3, -0.25) is 0 Å². The number of sulfonamides is 1. The van der Waals surface area contributed by atoms with Crippen LogP contribution in [-0.4, -0.2) is 39.5 Å². The van der Waals surface area contributed by atoms with Crippen molar-refractivity contribution in [2.75, 3.05) is 26.8 Å². The van der Waals surface area contributed by atoms with Crippen LogP contribution in [0.15, 0.2) is 10.3 Å². The molecule has 0 bridgehead atoms. The summed E-state index contributed by atoms with van der Waals surface area (Å²) in [5.74, 6) is 0.252. The molecule has 0 aliphatic heterocycles. The molecule has 0 fully saturated rings. The predicted octanol–water partition coefficient (Wildman–Crippen LogP) is 1.81. The van der Waals surface area contributed by atoms with Gasteiger partial charge in [-0.25, -0.2) is 8.42 Å². The zero-order chi connectivity index (χ0) is 15.3. The topological polar surface area (TPSA) is 72.6 Å². The summed E-state index contributed by atoms with van der Waals surface area (Å²) in [6.07, 6.45) is 0. The Labute approximate surface area is 125 Å². The van der Waals surface area contributed by atoms with Crippen molar-refractivity contribution in [3.8, 4) is 0 Å². The Balaban J connectivity index is 3.17. The van der Waals surface area contributed by atoms with Crippen molar-refractivity contribution >= 4 is 21.4 Å². The number of methoxy groups -OCH3 is 1. The molecule has 0 atom stereocenters. The average Bonchev–Trinajstić information content (AvgIpc) is 2.75. The zero-order valence-electron chi connectivity index (χ0n) is 12.5. The van der Waals surface area contributed by atoms with Gasteiger partial charge in [0.1, 0.15) is 4.90 Å². The number of rotatable bonds is 8. The standard InChI is InChI=1S/C13H24N2O3S2/c1-10(2)8-15(5-6-18-4)20(16,17)13-11(3)9-19-12(13)7-14/h9-10H,5-8,14H2,1-4H3. The van der Waals surface area contributed by atoms with Crippen LogP contribution in [0.2, 0.25) is 0 Å². The molecule has 0 aromatic carbocycles. The Bertz CT molecular complexity index is 524. The van der Waals surface area contributed by atoms with Gasteiger partial charge in [0, 0.05) is 31.6 Å². The maximum absolute atomic E-state index is 12.9. The first-order valence-electron chi connectivity index (χ1n) is 6.60. The molecule has 0 radical (unpaired) electrons. The Morgan fingerprint density at radius 2 is 2.10 bits per heavy atom. The normalized spacial score (nSPS) is 12.6. The lowest BCUT2D eigenvalue weighted by molar-refractivity contribution is 0.175. The molecule has 7 heteroatoms. The highest BCUT2D eigenvalue weighted by molar-refractivity contribution is 7.89. The van der Waals surface area contributed by atoms with Crippen LogP contribution in [0.5, 0.6) is 0 Å². The summed E-state index contributed by atoms with van der Waals surface area (Å²) in [6, 6.07) is 0. The molecule has 1 heterocycles. The fourth-order valence-corrected chi connectivity index (χ4v) is 5.25. The van der Waals surface area contributed by atoms with Crippen molar-refractivity contribution < 1.29 is 13.2 Å². The molecule has 0 saturated carbocycles. The van der Waals surface area contributed by atoms with Crippen molar-refractivity contribution in [1.82, 2.24) is 4.31 Å². The molecule has 1 aromatic rings. The van der Waals surface area contributed by atoms with Crippen LogP contribution in [0, 0.1) is 12.8 Å². The van der Waals surface area contributed by atoms with Gasteiger partial charge in [0.05, 0.1) is 6.61 Å². The van der Waals surface area contributed by atoms with E-state index in [9.17, 15) is 8.42 Å². The minimum absolute atomic E-state index is 0.243. The van der Waals surface area contributed by atoms with Crippen LogP contribution < -0.4 is 5.73 Å². The minimum atomic E-state index is -3.51. The van der Waals surface area contributed by atoms with E-state index in [1.807, 2.05) is 26.2 Å². The van der Waals surface area contributed by atoms with E-state index < -0.39 is 10.0 Å². The van der Waals surface area contributed by atoms with E-state index in [0.717, 1.165) is 5.56 Å². The van der Waals surface area contributed by atoms with Gasteiger partial charge in [-0.2, -0.15) is 4.31 Å². The summed E-state index contributed by atoms with van der Waals surface area (Å²) in [5, 5.41) is 1.85. The van der Waals surface area contributed by atoms with Gasteiger partial charge in [-0.05, 0) is 23.8 Å². The smallest absolute Gasteiger partial charge is 0.244 e. The van der Waals surface area contributed by atoms with Crippen LogP contribution in [0.1, 0.15) is 24.3 Å². The number of hydrogen-bond donors (Lipinski definition) is 1. The second kappa shape index (κ2) is 7.51. The quantitative estimate of drug-likeness (QED) is 0.793. The second-order valence-electron chi connectivity index (χ2n) is 5.12. The van der Waals surface area contributed by atoms with Crippen molar-refractivity contribution in [3.05, 3.63) is 15.8 Å². The second-order valence-corrected chi connectivity index (χ2v) is 7.96. The molecule has 5 nitrogen and oxygen atoms in total. The van der Waals surface area contributed by atoms with E-state index in [1.165, 1.54) is 15.6 Å². The summed E-state index contributed by atoms with van der Waals surface area (Å²) in [7, 11) is -1.94. The maximum atomic E-state index is 12.9. The minimum Gasteiger partial charge on any atom is -0.383 e. The summed E-state index contributed by atoms with van der Waals surface area (Å²) in [4.78, 5) is 1.09. The number of nitrogens with zero attached hydrogens (tertiary/aromatic N) is 1. The highest BCUT2D eigenvalue weighted by Crippen LogP contribution is 2.29. The Kier molecular flexibility index (Phi) is 6.60. The fraction of sp³-hybridized carbons (Fsp3) is 0.692. The van der Waals surface area contributed by atoms with E-state index in [1.54, 1.807) is 7.11 Å². The Morgan fingerprint density at radius 1 is 1.45 bits per heavy atom. The molecule has 116 valence electrons. The van der Waals surface area contributed by atoms with Gasteiger partial charge in [0.2, 0.25) is 10.0 Å². The highest BCUT2D eigenvalue weighted by atomic mass is 32.2. The molecular weight excluding hydrogens is 296 g/mol. The highest BCUT2D eigenvalue weighted by Gasteiger charge is 2.29. The van der Waals surface area contributed by atoms with Gasteiger partial charge < -0.3 is 10.5 Å². The molecule has 0 saturated heterocycles. The third kappa shape index (κ3) is 4.02. The van der Waals surface area contributed by atoms with Crippen molar-refractivity contribution in [2.24, 2.45) is 11.7 Å². The fourth-order valence-electron chi connectivity index (χ4n) is 2.01. The SMILES string of the molecule is COCCN(CC(C)C)S(=O)(=O)c1c(C)csc1CN. The van der Waals surface area contributed by atoms with E-state index >= 15 is 0 Å². The third-order valence-corrected chi connectivity index (χ3v) is 6.24. The molecule has 1 aromatic heterocycles. The molecule has 20 heavy (non-hydrogen) atoms. The lowest BCUT2D eigenvalue weighted by Gasteiger charge is -2.24. The Hall–Kier alpha value is -0.470. The first kappa shape index (κ1) is 17.6. The lowest BCUT2D eigenvalue weighted by atomic mass is 10.2. The molecule has 0 aliphatic rings. The van der Waals surface area contributed by atoms with Crippen LogP contribution in [0.3, 0.4) is 0 Å². The van der Waals surface area contributed by atoms with E-state index in [-0.39, 0.29) is 12.5 Å². The van der Waals surface area contributed by atoms with Crippen LogP contribution >= 0.6 is 11.3 Å². The monoisotopic (exact) mass is 320 g/mol. The van der Waals surface area contributed by atoms with Crippen molar-refractivity contribution in [1.29, 1.82) is 0 Å². The summed E-state index contributed by atoms with van der Waals surface area (Å²) < 4.78 is 32.2. The number of aryl methyl sites for hydroxylation is 1. The summed E-state index contributed by atoms with van der Waals surface area (Å²) in [5.41, 5.74) is 6.43. The van der Waals surface area contributed by atoms with Crippen LogP contribution in [-0.2, 0) is 21.3 Å². The third-order valence-electron chi connectivity index (χ3n) is 2.89. The number of nitrogens with two attached hydrogens (primary N) is 1. The van der Waals surface area contributed by atoms with Crippen LogP contribution in [0.25, 0.3) is 0 Å². The van der Waals surface area contributed by atoms with Gasteiger partial charge in [0.15, 0.2) is 0 Å². The first-order valence-corrected chi connectivity index (χ1v) is 8.92. The van der Waals surface area contributed by atoms with Crippen molar-refractivity contribution in [3.63, 3.8) is 0 Å². The predicted molar refractivity (Wildman–Crippen MR) is 82.4 cm³/mol. The van der Waals surface area contributed by atoms with Gasteiger partial charge >= 0.3 is 0 Å². The van der Waals surface area contributed by atoms with E-state index in [0.29, 0.717) is 29.5 Å². The number of thiophene rings is 1. The van der Waals surface area contributed by atoms with Gasteiger partial charge in [0.25, 0.3) is 0 Å². The van der Waals surface area contributed by atoms with Gasteiger partial charge in [-0.1, -0.05) is 13.8 Å². The first-order chi connectivity index (χ1) is 9.34. The number of ether oxygens (including phenoxy) is 1. The summed E-state index contributed by atoms with van der Waals surface area (Å²) >= 11 is 1.40. The van der Waals surface area contributed by atoms with Crippen LogP contribution in [0.4, 0.5) is 0 Å². The Morgan fingerprint density at radius 3 is 2.60 bits per heavy atom. The van der Waals surface area contributed by atoms with Gasteiger partial charge in [-0.15, -0.1) is 11.3 Å². The lowest BCUT2D eigenvalue weighted by Crippen LogP contribution is -2.37. The number of hydrogen-bond acceptors (Lipinski definition) is 5. The van der Waals surface area contributed by atoms with E-state index in [2.05, 4.69) is 0 Å². The molecule has 0 unspecified atom stereocenters. The molecule has 2 N–H and O–H groups in total. The molecule has 0 aliphatic carbocycles. The maximum Gasteiger partial charge on any atom is 0.244 e.